The Morgan fingerprint density at radius 2 is 2.00 bits per heavy atom. The van der Waals surface area contributed by atoms with Crippen molar-refractivity contribution >= 4 is 11.8 Å². The number of hydrogen-bond acceptors (Lipinski definition) is 5. The maximum absolute atomic E-state index is 12.9. The van der Waals surface area contributed by atoms with Crippen LogP contribution in [0.4, 0.5) is 4.39 Å². The Kier molecular flexibility index (Phi) is 5.75. The molecule has 25 heavy (non-hydrogen) atoms. The van der Waals surface area contributed by atoms with Gasteiger partial charge in [0.2, 0.25) is 0 Å². The van der Waals surface area contributed by atoms with E-state index in [1.54, 1.807) is 30.2 Å². The van der Waals surface area contributed by atoms with Crippen LogP contribution in [-0.4, -0.2) is 27.1 Å². The molecule has 0 radical (unpaired) electrons. The van der Waals surface area contributed by atoms with Gasteiger partial charge in [-0.05, 0) is 36.4 Å². The minimum atomic E-state index is -0.269. The fourth-order valence-electron chi connectivity index (χ4n) is 2.36. The molecule has 3 aromatic rings. The number of thioether (sulfide) groups is 1. The number of nitrogens with zero attached hydrogens (tertiary/aromatic N) is 3. The summed E-state index contributed by atoms with van der Waals surface area (Å²) in [6.45, 7) is 5.29. The zero-order valence-corrected chi connectivity index (χ0v) is 15.0. The molecule has 0 aliphatic rings. The van der Waals surface area contributed by atoms with Crippen LogP contribution in [0.1, 0.15) is 31.4 Å². The van der Waals surface area contributed by atoms with Crippen molar-refractivity contribution in [2.45, 2.75) is 31.5 Å². The molecule has 0 bridgehead atoms. The normalized spacial score (nSPS) is 11.2. The lowest BCUT2D eigenvalue weighted by molar-refractivity contribution is 0.343. The van der Waals surface area contributed by atoms with Crippen LogP contribution in [0.2, 0.25) is 0 Å². The van der Waals surface area contributed by atoms with Crippen LogP contribution in [-0.2, 0) is 6.54 Å². The first-order chi connectivity index (χ1) is 12.1. The molecule has 0 saturated carbocycles. The average molecular weight is 361 g/mol. The Balaban J connectivity index is 1.60. The topological polar surface area (TPSA) is 53.1 Å². The van der Waals surface area contributed by atoms with E-state index in [1.165, 1.54) is 12.1 Å². The molecular formula is C18H20FN3O2S. The Morgan fingerprint density at radius 3 is 2.68 bits per heavy atom. The van der Waals surface area contributed by atoms with Gasteiger partial charge in [0.1, 0.15) is 23.2 Å². The van der Waals surface area contributed by atoms with Crippen LogP contribution < -0.4 is 4.74 Å². The summed E-state index contributed by atoms with van der Waals surface area (Å²) in [7, 11) is 0. The van der Waals surface area contributed by atoms with Crippen LogP contribution in [0.3, 0.4) is 0 Å². The van der Waals surface area contributed by atoms with E-state index < -0.39 is 0 Å². The van der Waals surface area contributed by atoms with Gasteiger partial charge in [0.25, 0.3) is 0 Å². The van der Waals surface area contributed by atoms with Crippen LogP contribution >= 0.6 is 11.8 Å². The van der Waals surface area contributed by atoms with E-state index in [1.807, 2.05) is 12.1 Å². The first-order valence-corrected chi connectivity index (χ1v) is 9.08. The molecule has 0 atom stereocenters. The molecule has 0 aliphatic carbocycles. The second-order valence-corrected chi connectivity index (χ2v) is 6.87. The largest absolute Gasteiger partial charge is 0.493 e. The first kappa shape index (κ1) is 17.5. The molecule has 0 spiro atoms. The number of hydrogen-bond donors (Lipinski definition) is 0. The zero-order valence-electron chi connectivity index (χ0n) is 14.2. The van der Waals surface area contributed by atoms with Crippen molar-refractivity contribution in [1.82, 2.24) is 14.8 Å². The monoisotopic (exact) mass is 361 g/mol. The lowest BCUT2D eigenvalue weighted by Crippen LogP contribution is -2.08. The Hall–Kier alpha value is -2.28. The van der Waals surface area contributed by atoms with Crippen LogP contribution in [0.15, 0.2) is 52.2 Å². The highest BCUT2D eigenvalue weighted by Gasteiger charge is 2.16. The van der Waals surface area contributed by atoms with E-state index >= 15 is 0 Å². The fraction of sp³-hybridized carbons (Fsp3) is 0.333. The molecule has 0 unspecified atom stereocenters. The predicted octanol–water partition coefficient (Wildman–Crippen LogP) is 4.35. The first-order valence-electron chi connectivity index (χ1n) is 8.10. The Bertz CT molecular complexity index is 785. The SMILES string of the molecule is CC(C)c1nnc(SCCOc2ccc(F)cc2)n1Cc1ccco1. The van der Waals surface area contributed by atoms with Gasteiger partial charge >= 0.3 is 0 Å². The summed E-state index contributed by atoms with van der Waals surface area (Å²) >= 11 is 1.58. The van der Waals surface area contributed by atoms with Crippen molar-refractivity contribution in [3.8, 4) is 5.75 Å². The summed E-state index contributed by atoms with van der Waals surface area (Å²) in [5.74, 6) is 3.17. The summed E-state index contributed by atoms with van der Waals surface area (Å²) in [6.07, 6.45) is 1.66. The van der Waals surface area contributed by atoms with Crippen molar-refractivity contribution in [3.05, 3.63) is 60.1 Å². The standard InChI is InChI=1S/C18H20FN3O2S/c1-13(2)17-20-21-18(22(17)12-16-4-3-9-23-16)25-11-10-24-15-7-5-14(19)6-8-15/h3-9,13H,10-12H2,1-2H3. The molecule has 0 saturated heterocycles. The molecule has 0 fully saturated rings. The molecule has 0 aliphatic heterocycles. The smallest absolute Gasteiger partial charge is 0.191 e. The number of aromatic nitrogens is 3. The summed E-state index contributed by atoms with van der Waals surface area (Å²) in [5.41, 5.74) is 0. The highest BCUT2D eigenvalue weighted by molar-refractivity contribution is 7.99. The second-order valence-electron chi connectivity index (χ2n) is 5.81. The average Bonchev–Trinajstić information content (AvgIpc) is 3.24. The van der Waals surface area contributed by atoms with Crippen molar-refractivity contribution in [1.29, 1.82) is 0 Å². The van der Waals surface area contributed by atoms with Gasteiger partial charge in [0.05, 0.1) is 19.4 Å². The van der Waals surface area contributed by atoms with Gasteiger partial charge in [-0.1, -0.05) is 25.6 Å². The highest BCUT2D eigenvalue weighted by atomic mass is 32.2. The molecule has 5 nitrogen and oxygen atoms in total. The molecule has 0 amide bonds. The maximum Gasteiger partial charge on any atom is 0.191 e. The quantitative estimate of drug-likeness (QED) is 0.441. The molecule has 132 valence electrons. The molecule has 2 aromatic heterocycles. The molecule has 7 heteroatoms. The van der Waals surface area contributed by atoms with Crippen molar-refractivity contribution in [3.63, 3.8) is 0 Å². The summed E-state index contributed by atoms with van der Waals surface area (Å²) in [5, 5.41) is 9.45. The molecular weight excluding hydrogens is 341 g/mol. The highest BCUT2D eigenvalue weighted by Crippen LogP contribution is 2.23. The van der Waals surface area contributed by atoms with E-state index in [0.717, 1.165) is 16.7 Å². The summed E-state index contributed by atoms with van der Waals surface area (Å²) < 4.78 is 26.0. The van der Waals surface area contributed by atoms with Gasteiger partial charge in [0.15, 0.2) is 5.16 Å². The third-order valence-corrected chi connectivity index (χ3v) is 4.48. The van der Waals surface area contributed by atoms with Gasteiger partial charge in [-0.15, -0.1) is 10.2 Å². The van der Waals surface area contributed by atoms with Gasteiger partial charge < -0.3 is 9.15 Å². The molecule has 1 aromatic carbocycles. The summed E-state index contributed by atoms with van der Waals surface area (Å²) in [4.78, 5) is 0. The number of ether oxygens (including phenoxy) is 1. The van der Waals surface area contributed by atoms with Crippen molar-refractivity contribution in [2.75, 3.05) is 12.4 Å². The van der Waals surface area contributed by atoms with Crippen LogP contribution in [0, 0.1) is 5.82 Å². The van der Waals surface area contributed by atoms with Crippen LogP contribution in [0.25, 0.3) is 0 Å². The lowest BCUT2D eigenvalue weighted by Gasteiger charge is -2.11. The van der Waals surface area contributed by atoms with E-state index in [2.05, 4.69) is 28.6 Å². The second kappa shape index (κ2) is 8.20. The fourth-order valence-corrected chi connectivity index (χ4v) is 3.13. The minimum Gasteiger partial charge on any atom is -0.493 e. The molecule has 2 heterocycles. The van der Waals surface area contributed by atoms with Gasteiger partial charge in [-0.2, -0.15) is 0 Å². The van der Waals surface area contributed by atoms with Gasteiger partial charge in [0, 0.05) is 11.7 Å². The van der Waals surface area contributed by atoms with Crippen molar-refractivity contribution < 1.29 is 13.5 Å². The van der Waals surface area contributed by atoms with Gasteiger partial charge in [-0.3, -0.25) is 4.57 Å². The third kappa shape index (κ3) is 4.63. The van der Waals surface area contributed by atoms with Gasteiger partial charge in [-0.25, -0.2) is 4.39 Å². The van der Waals surface area contributed by atoms with Crippen molar-refractivity contribution in [2.24, 2.45) is 0 Å². The number of benzene rings is 1. The molecule has 3 rings (SSSR count). The predicted molar refractivity (Wildman–Crippen MR) is 94.5 cm³/mol. The summed E-state index contributed by atoms with van der Waals surface area (Å²) in [6, 6.07) is 9.83. The Labute approximate surface area is 150 Å². The number of halogens is 1. The third-order valence-electron chi connectivity index (χ3n) is 3.55. The lowest BCUT2D eigenvalue weighted by atomic mass is 10.2. The van der Waals surface area contributed by atoms with E-state index in [4.69, 9.17) is 9.15 Å². The number of furan rings is 1. The van der Waals surface area contributed by atoms with E-state index in [0.29, 0.717) is 24.7 Å². The maximum atomic E-state index is 12.9. The van der Waals surface area contributed by atoms with E-state index in [9.17, 15) is 4.39 Å². The zero-order chi connectivity index (χ0) is 17.6. The Morgan fingerprint density at radius 1 is 1.20 bits per heavy atom. The number of rotatable bonds is 8. The van der Waals surface area contributed by atoms with E-state index in [-0.39, 0.29) is 11.7 Å². The van der Waals surface area contributed by atoms with Crippen LogP contribution in [0.5, 0.6) is 5.75 Å². The molecule has 0 N–H and O–H groups in total. The minimum absolute atomic E-state index is 0.269.